The second-order valence-electron chi connectivity index (χ2n) is 6.42. The Hall–Kier alpha value is -2.08. The van der Waals surface area contributed by atoms with Gasteiger partial charge in [-0.1, -0.05) is 18.2 Å². The van der Waals surface area contributed by atoms with E-state index in [0.29, 0.717) is 19.4 Å². The van der Waals surface area contributed by atoms with Gasteiger partial charge in [-0.3, -0.25) is 9.59 Å². The molecular weight excluding hydrogens is 306 g/mol. The van der Waals surface area contributed by atoms with E-state index >= 15 is 0 Å². The minimum absolute atomic E-state index is 0.00926. The van der Waals surface area contributed by atoms with Crippen molar-refractivity contribution in [2.45, 2.75) is 18.9 Å². The molecule has 24 heavy (non-hydrogen) atoms. The van der Waals surface area contributed by atoms with E-state index in [1.165, 1.54) is 5.69 Å². The second kappa shape index (κ2) is 7.66. The first-order valence-corrected chi connectivity index (χ1v) is 8.56. The number of carbonyl (C=O) groups is 2. The molecule has 2 fully saturated rings. The molecule has 6 heteroatoms. The third kappa shape index (κ3) is 3.70. The number of nitrogens with one attached hydrogen (secondary N) is 1. The van der Waals surface area contributed by atoms with Crippen LogP contribution in [0.15, 0.2) is 30.3 Å². The van der Waals surface area contributed by atoms with Crippen molar-refractivity contribution in [1.82, 2.24) is 10.2 Å². The van der Waals surface area contributed by atoms with Gasteiger partial charge in [0.2, 0.25) is 11.8 Å². The standard InChI is InChI=1S/C18H25N3O3/c1-24-13-16-15(7-8-17(22)19-16)18(23)21-11-9-20(10-12-21)14-5-3-2-4-6-14/h2-6,15-16H,7-13H2,1H3,(H,19,22)/t15-,16-/m1/s1. The lowest BCUT2D eigenvalue weighted by atomic mass is 9.89. The first-order valence-electron chi connectivity index (χ1n) is 8.56. The zero-order chi connectivity index (χ0) is 16.9. The molecule has 2 amide bonds. The Morgan fingerprint density at radius 1 is 1.21 bits per heavy atom. The molecule has 0 aliphatic carbocycles. The van der Waals surface area contributed by atoms with Crippen LogP contribution in [0, 0.1) is 5.92 Å². The number of rotatable bonds is 4. The number of para-hydroxylation sites is 1. The Kier molecular flexibility index (Phi) is 5.35. The highest BCUT2D eigenvalue weighted by atomic mass is 16.5. The second-order valence-corrected chi connectivity index (χ2v) is 6.42. The van der Waals surface area contributed by atoms with Crippen molar-refractivity contribution in [1.29, 1.82) is 0 Å². The van der Waals surface area contributed by atoms with Crippen molar-refractivity contribution < 1.29 is 14.3 Å². The molecule has 0 radical (unpaired) electrons. The largest absolute Gasteiger partial charge is 0.383 e. The smallest absolute Gasteiger partial charge is 0.227 e. The zero-order valence-electron chi connectivity index (χ0n) is 14.1. The zero-order valence-corrected chi connectivity index (χ0v) is 14.1. The highest BCUT2D eigenvalue weighted by molar-refractivity contribution is 5.84. The van der Waals surface area contributed by atoms with Crippen LogP contribution in [0.2, 0.25) is 0 Å². The quantitative estimate of drug-likeness (QED) is 0.890. The Morgan fingerprint density at radius 2 is 1.92 bits per heavy atom. The predicted molar refractivity (Wildman–Crippen MR) is 91.8 cm³/mol. The number of piperidine rings is 1. The van der Waals surface area contributed by atoms with Gasteiger partial charge in [-0.05, 0) is 18.6 Å². The average Bonchev–Trinajstić information content (AvgIpc) is 2.63. The van der Waals surface area contributed by atoms with Crippen LogP contribution in [-0.2, 0) is 14.3 Å². The van der Waals surface area contributed by atoms with Crippen molar-refractivity contribution in [2.24, 2.45) is 5.92 Å². The normalized spacial score (nSPS) is 24.6. The molecule has 0 spiro atoms. The van der Waals surface area contributed by atoms with Crippen molar-refractivity contribution in [3.8, 4) is 0 Å². The van der Waals surface area contributed by atoms with Gasteiger partial charge in [0.25, 0.3) is 0 Å². The minimum atomic E-state index is -0.212. The molecule has 0 aromatic heterocycles. The van der Waals surface area contributed by atoms with Crippen LogP contribution in [0.4, 0.5) is 5.69 Å². The summed E-state index contributed by atoms with van der Waals surface area (Å²) < 4.78 is 5.18. The molecule has 2 aliphatic heterocycles. The summed E-state index contributed by atoms with van der Waals surface area (Å²) in [5, 5.41) is 2.90. The lowest BCUT2D eigenvalue weighted by Crippen LogP contribution is -2.56. The summed E-state index contributed by atoms with van der Waals surface area (Å²) in [5.41, 5.74) is 1.20. The van der Waals surface area contributed by atoms with E-state index in [1.807, 2.05) is 23.1 Å². The molecule has 1 aromatic rings. The van der Waals surface area contributed by atoms with Gasteiger partial charge in [-0.2, -0.15) is 0 Å². The lowest BCUT2D eigenvalue weighted by Gasteiger charge is -2.40. The number of ether oxygens (including phenoxy) is 1. The van der Waals surface area contributed by atoms with Crippen LogP contribution in [0.5, 0.6) is 0 Å². The average molecular weight is 331 g/mol. The van der Waals surface area contributed by atoms with Gasteiger partial charge in [0.1, 0.15) is 0 Å². The summed E-state index contributed by atoms with van der Waals surface area (Å²) >= 11 is 0. The minimum Gasteiger partial charge on any atom is -0.383 e. The van der Waals surface area contributed by atoms with Gasteiger partial charge in [0, 0.05) is 45.4 Å². The number of carbonyl (C=O) groups excluding carboxylic acids is 2. The lowest BCUT2D eigenvalue weighted by molar-refractivity contribution is -0.140. The molecular formula is C18H25N3O3. The summed E-state index contributed by atoms with van der Waals surface area (Å²) in [7, 11) is 1.60. The van der Waals surface area contributed by atoms with Crippen LogP contribution in [-0.4, -0.2) is 62.7 Å². The third-order valence-electron chi connectivity index (χ3n) is 4.89. The first-order chi connectivity index (χ1) is 11.7. The van der Waals surface area contributed by atoms with E-state index in [4.69, 9.17) is 4.74 Å². The number of amides is 2. The molecule has 2 aliphatic rings. The molecule has 0 unspecified atom stereocenters. The number of anilines is 1. The SMILES string of the molecule is COC[C@H]1NC(=O)CC[C@H]1C(=O)N1CCN(c2ccccc2)CC1. The fourth-order valence-corrected chi connectivity index (χ4v) is 3.56. The van der Waals surface area contributed by atoms with Crippen molar-refractivity contribution >= 4 is 17.5 Å². The number of hydrogen-bond acceptors (Lipinski definition) is 4. The highest BCUT2D eigenvalue weighted by Crippen LogP contribution is 2.22. The van der Waals surface area contributed by atoms with Crippen LogP contribution >= 0.6 is 0 Å². The summed E-state index contributed by atoms with van der Waals surface area (Å²) in [6.07, 6.45) is 1.03. The maximum absolute atomic E-state index is 12.9. The van der Waals surface area contributed by atoms with Crippen LogP contribution in [0.1, 0.15) is 12.8 Å². The fourth-order valence-electron chi connectivity index (χ4n) is 3.56. The fraction of sp³-hybridized carbons (Fsp3) is 0.556. The van der Waals surface area contributed by atoms with Crippen LogP contribution < -0.4 is 10.2 Å². The Balaban J connectivity index is 1.59. The summed E-state index contributed by atoms with van der Waals surface area (Å²) in [6.45, 7) is 3.50. The molecule has 2 saturated heterocycles. The van der Waals surface area contributed by atoms with Gasteiger partial charge < -0.3 is 19.9 Å². The van der Waals surface area contributed by atoms with E-state index in [1.54, 1.807) is 7.11 Å². The van der Waals surface area contributed by atoms with Crippen molar-refractivity contribution in [3.63, 3.8) is 0 Å². The molecule has 130 valence electrons. The molecule has 2 atom stereocenters. The molecule has 2 heterocycles. The van der Waals surface area contributed by atoms with Gasteiger partial charge in [-0.25, -0.2) is 0 Å². The van der Waals surface area contributed by atoms with Gasteiger partial charge in [0.05, 0.1) is 18.6 Å². The number of benzene rings is 1. The van der Waals surface area contributed by atoms with Crippen molar-refractivity contribution in [2.75, 3.05) is 44.8 Å². The van der Waals surface area contributed by atoms with Crippen LogP contribution in [0.3, 0.4) is 0 Å². The summed E-state index contributed by atoms with van der Waals surface area (Å²) in [5.74, 6) is -0.0225. The molecule has 0 saturated carbocycles. The number of piperazine rings is 1. The topological polar surface area (TPSA) is 61.9 Å². The molecule has 6 nitrogen and oxygen atoms in total. The maximum Gasteiger partial charge on any atom is 0.227 e. The Bertz CT molecular complexity index is 570. The monoisotopic (exact) mass is 331 g/mol. The number of hydrogen-bond donors (Lipinski definition) is 1. The van der Waals surface area contributed by atoms with E-state index in [9.17, 15) is 9.59 Å². The maximum atomic E-state index is 12.9. The molecule has 3 rings (SSSR count). The highest BCUT2D eigenvalue weighted by Gasteiger charge is 2.37. The van der Waals surface area contributed by atoms with Gasteiger partial charge in [-0.15, -0.1) is 0 Å². The molecule has 1 aromatic carbocycles. The van der Waals surface area contributed by atoms with E-state index in [-0.39, 0.29) is 23.8 Å². The Morgan fingerprint density at radius 3 is 2.58 bits per heavy atom. The van der Waals surface area contributed by atoms with Gasteiger partial charge >= 0.3 is 0 Å². The van der Waals surface area contributed by atoms with E-state index in [2.05, 4.69) is 22.3 Å². The third-order valence-corrected chi connectivity index (χ3v) is 4.89. The number of methoxy groups -OCH3 is 1. The van der Waals surface area contributed by atoms with Gasteiger partial charge in [0.15, 0.2) is 0 Å². The predicted octanol–water partition coefficient (Wildman–Crippen LogP) is 0.876. The summed E-state index contributed by atoms with van der Waals surface area (Å²) in [4.78, 5) is 28.7. The number of nitrogens with zero attached hydrogens (tertiary/aromatic N) is 2. The summed E-state index contributed by atoms with van der Waals surface area (Å²) in [6, 6.07) is 10.1. The van der Waals surface area contributed by atoms with Crippen molar-refractivity contribution in [3.05, 3.63) is 30.3 Å². The first kappa shape index (κ1) is 16.8. The van der Waals surface area contributed by atoms with E-state index in [0.717, 1.165) is 26.2 Å². The molecule has 1 N–H and O–H groups in total. The molecule has 0 bridgehead atoms. The Labute approximate surface area is 142 Å². The van der Waals surface area contributed by atoms with E-state index < -0.39 is 0 Å². The van der Waals surface area contributed by atoms with Crippen LogP contribution in [0.25, 0.3) is 0 Å².